The lowest BCUT2D eigenvalue weighted by Crippen LogP contribution is -2.24. The Labute approximate surface area is 103 Å². The molecule has 0 aliphatic rings. The first-order chi connectivity index (χ1) is 8.61. The molecule has 1 aromatic carbocycles. The Morgan fingerprint density at radius 1 is 1.61 bits per heavy atom. The van der Waals surface area contributed by atoms with Crippen LogP contribution in [0.1, 0.15) is 0 Å². The van der Waals surface area contributed by atoms with Crippen LogP contribution < -0.4 is 4.90 Å². The number of nitrogens with zero attached hydrogens (tertiary/aromatic N) is 5. The van der Waals surface area contributed by atoms with Gasteiger partial charge < -0.3 is 10.0 Å². The molecule has 0 radical (unpaired) electrons. The van der Waals surface area contributed by atoms with Crippen LogP contribution in [0.4, 0.5) is 5.69 Å². The van der Waals surface area contributed by atoms with E-state index < -0.39 is 5.97 Å². The summed E-state index contributed by atoms with van der Waals surface area (Å²) >= 11 is 0. The summed E-state index contributed by atoms with van der Waals surface area (Å²) in [5.74, 6) is -0.897. The molecular formula is C11H11N5O2. The molecule has 92 valence electrons. The first-order valence-electron chi connectivity index (χ1n) is 5.25. The van der Waals surface area contributed by atoms with Gasteiger partial charge in [0.2, 0.25) is 0 Å². The van der Waals surface area contributed by atoms with Crippen LogP contribution in [0.15, 0.2) is 18.2 Å². The number of likely N-dealkylation sites (N-methyl/N-ethyl adjacent to an activating group) is 1. The highest BCUT2D eigenvalue weighted by molar-refractivity contribution is 5.80. The van der Waals surface area contributed by atoms with E-state index in [4.69, 9.17) is 10.4 Å². The predicted octanol–water partition coefficient (Wildman–Crippen LogP) is 0.476. The molecule has 1 heterocycles. The van der Waals surface area contributed by atoms with Crippen LogP contribution >= 0.6 is 0 Å². The molecule has 2 aromatic rings. The third kappa shape index (κ3) is 2.22. The van der Waals surface area contributed by atoms with E-state index in [-0.39, 0.29) is 13.1 Å². The van der Waals surface area contributed by atoms with Crippen molar-refractivity contribution >= 4 is 22.7 Å². The largest absolute Gasteiger partial charge is 0.480 e. The van der Waals surface area contributed by atoms with Crippen molar-refractivity contribution in [3.63, 3.8) is 0 Å². The summed E-state index contributed by atoms with van der Waals surface area (Å²) in [6, 6.07) is 7.31. The summed E-state index contributed by atoms with van der Waals surface area (Å²) in [4.78, 5) is 12.2. The zero-order valence-corrected chi connectivity index (χ0v) is 9.74. The minimum Gasteiger partial charge on any atom is -0.480 e. The lowest BCUT2D eigenvalue weighted by molar-refractivity contribution is -0.135. The molecule has 2 rings (SSSR count). The number of aliphatic carboxylic acids is 1. The molecule has 1 aromatic heterocycles. The van der Waals surface area contributed by atoms with Crippen molar-refractivity contribution in [3.8, 4) is 6.07 Å². The Morgan fingerprint density at radius 2 is 2.39 bits per heavy atom. The van der Waals surface area contributed by atoms with E-state index >= 15 is 0 Å². The monoisotopic (exact) mass is 245 g/mol. The van der Waals surface area contributed by atoms with E-state index in [0.717, 1.165) is 11.2 Å². The SMILES string of the molecule is CN(CC(=O)O)c1ccc2c(c1)nnn2CC#N. The molecule has 0 unspecified atom stereocenters. The zero-order chi connectivity index (χ0) is 13.1. The third-order valence-electron chi connectivity index (χ3n) is 2.53. The first kappa shape index (κ1) is 11.9. The van der Waals surface area contributed by atoms with Gasteiger partial charge in [-0.2, -0.15) is 5.26 Å². The van der Waals surface area contributed by atoms with Crippen LogP contribution in [-0.4, -0.2) is 39.7 Å². The van der Waals surface area contributed by atoms with Gasteiger partial charge in [-0.1, -0.05) is 5.21 Å². The quantitative estimate of drug-likeness (QED) is 0.841. The van der Waals surface area contributed by atoms with Crippen molar-refractivity contribution in [1.82, 2.24) is 15.0 Å². The summed E-state index contributed by atoms with van der Waals surface area (Å²) in [5.41, 5.74) is 2.14. The molecule has 0 aliphatic carbocycles. The number of fused-ring (bicyclic) bond motifs is 1. The number of carboxylic acids is 1. The van der Waals surface area contributed by atoms with Gasteiger partial charge >= 0.3 is 5.97 Å². The molecular weight excluding hydrogens is 234 g/mol. The smallest absolute Gasteiger partial charge is 0.323 e. The number of anilines is 1. The van der Waals surface area contributed by atoms with Crippen LogP contribution in [0.3, 0.4) is 0 Å². The molecule has 0 amide bonds. The van der Waals surface area contributed by atoms with Gasteiger partial charge in [0.05, 0.1) is 11.6 Å². The average molecular weight is 245 g/mol. The van der Waals surface area contributed by atoms with Gasteiger partial charge in [-0.3, -0.25) is 4.79 Å². The molecule has 0 fully saturated rings. The second kappa shape index (κ2) is 4.71. The number of benzene rings is 1. The van der Waals surface area contributed by atoms with E-state index in [1.165, 1.54) is 4.68 Å². The Morgan fingerprint density at radius 3 is 3.06 bits per heavy atom. The van der Waals surface area contributed by atoms with E-state index in [9.17, 15) is 4.79 Å². The van der Waals surface area contributed by atoms with Crippen LogP contribution in [0.2, 0.25) is 0 Å². The molecule has 1 N–H and O–H groups in total. The second-order valence-electron chi connectivity index (χ2n) is 3.83. The summed E-state index contributed by atoms with van der Waals surface area (Å²) in [5, 5.41) is 25.2. The molecule has 0 spiro atoms. The number of carboxylic acid groups (broad SMARTS) is 1. The van der Waals surface area contributed by atoms with Crippen molar-refractivity contribution in [2.75, 3.05) is 18.5 Å². The molecule has 0 bridgehead atoms. The van der Waals surface area contributed by atoms with Crippen molar-refractivity contribution < 1.29 is 9.90 Å². The van der Waals surface area contributed by atoms with Crippen molar-refractivity contribution in [2.24, 2.45) is 0 Å². The van der Waals surface area contributed by atoms with Crippen molar-refractivity contribution in [3.05, 3.63) is 18.2 Å². The summed E-state index contributed by atoms with van der Waals surface area (Å²) < 4.78 is 1.50. The van der Waals surface area contributed by atoms with Gasteiger partial charge in [-0.15, -0.1) is 5.10 Å². The van der Waals surface area contributed by atoms with Gasteiger partial charge in [0.1, 0.15) is 18.6 Å². The van der Waals surface area contributed by atoms with Crippen molar-refractivity contribution in [1.29, 1.82) is 5.26 Å². The highest BCUT2D eigenvalue weighted by Gasteiger charge is 2.09. The van der Waals surface area contributed by atoms with Gasteiger partial charge in [0.25, 0.3) is 0 Å². The maximum Gasteiger partial charge on any atom is 0.323 e. The Bertz CT molecular complexity index is 628. The van der Waals surface area contributed by atoms with Crippen molar-refractivity contribution in [2.45, 2.75) is 6.54 Å². The average Bonchev–Trinajstić information content (AvgIpc) is 2.71. The third-order valence-corrected chi connectivity index (χ3v) is 2.53. The fraction of sp³-hybridized carbons (Fsp3) is 0.273. The summed E-state index contributed by atoms with van der Waals surface area (Å²) in [7, 11) is 1.69. The molecule has 7 heteroatoms. The van der Waals surface area contributed by atoms with E-state index in [1.807, 2.05) is 6.07 Å². The maximum atomic E-state index is 10.6. The van der Waals surface area contributed by atoms with Crippen LogP contribution in [-0.2, 0) is 11.3 Å². The van der Waals surface area contributed by atoms with Gasteiger partial charge in [-0.25, -0.2) is 4.68 Å². The fourth-order valence-corrected chi connectivity index (χ4v) is 1.68. The molecule has 0 aliphatic heterocycles. The Balaban J connectivity index is 2.34. The summed E-state index contributed by atoms with van der Waals surface area (Å²) in [6.45, 7) is 0.0542. The normalized spacial score (nSPS) is 10.2. The number of rotatable bonds is 4. The topological polar surface area (TPSA) is 95.0 Å². The minimum atomic E-state index is -0.897. The van der Waals surface area contributed by atoms with Crippen LogP contribution in [0.25, 0.3) is 11.0 Å². The van der Waals surface area contributed by atoms with Gasteiger partial charge in [-0.05, 0) is 18.2 Å². The Kier molecular flexibility index (Phi) is 3.10. The van der Waals surface area contributed by atoms with Crippen LogP contribution in [0.5, 0.6) is 0 Å². The standard InChI is InChI=1S/C11H11N5O2/c1-15(7-11(17)18)8-2-3-10-9(6-8)13-14-16(10)5-4-12/h2-3,6H,5,7H2,1H3,(H,17,18). The maximum absolute atomic E-state index is 10.6. The number of hydrogen-bond donors (Lipinski definition) is 1. The zero-order valence-electron chi connectivity index (χ0n) is 9.74. The first-order valence-corrected chi connectivity index (χ1v) is 5.25. The highest BCUT2D eigenvalue weighted by atomic mass is 16.4. The second-order valence-corrected chi connectivity index (χ2v) is 3.83. The number of nitriles is 1. The molecule has 0 saturated carbocycles. The Hall–Kier alpha value is -2.62. The molecule has 7 nitrogen and oxygen atoms in total. The lowest BCUT2D eigenvalue weighted by Gasteiger charge is -2.16. The van der Waals surface area contributed by atoms with E-state index in [2.05, 4.69) is 10.3 Å². The fourth-order valence-electron chi connectivity index (χ4n) is 1.68. The minimum absolute atomic E-state index is 0.0855. The number of hydrogen-bond acceptors (Lipinski definition) is 5. The predicted molar refractivity (Wildman–Crippen MR) is 64.0 cm³/mol. The molecule has 18 heavy (non-hydrogen) atoms. The number of carbonyl (C=O) groups is 1. The van der Waals surface area contributed by atoms with E-state index in [0.29, 0.717) is 5.52 Å². The highest BCUT2D eigenvalue weighted by Crippen LogP contribution is 2.19. The molecule has 0 atom stereocenters. The molecule has 0 saturated heterocycles. The van der Waals surface area contributed by atoms with Gasteiger partial charge in [0, 0.05) is 12.7 Å². The summed E-state index contributed by atoms with van der Waals surface area (Å²) in [6.07, 6.45) is 0. The van der Waals surface area contributed by atoms with E-state index in [1.54, 1.807) is 30.1 Å². The van der Waals surface area contributed by atoms with Gasteiger partial charge in [0.15, 0.2) is 0 Å². The number of aromatic nitrogens is 3. The van der Waals surface area contributed by atoms with Crippen LogP contribution in [0, 0.1) is 11.3 Å². The lowest BCUT2D eigenvalue weighted by atomic mass is 10.2.